The molecule has 7 heteroatoms. The van der Waals surface area contributed by atoms with Gasteiger partial charge >= 0.3 is 0 Å². The zero-order valence-electron chi connectivity index (χ0n) is 18.5. The molecule has 1 unspecified atom stereocenters. The van der Waals surface area contributed by atoms with Crippen LogP contribution in [0, 0.1) is 11.3 Å². The Morgan fingerprint density at radius 2 is 1.79 bits per heavy atom. The van der Waals surface area contributed by atoms with E-state index in [1.54, 1.807) is 7.11 Å². The number of para-hydroxylation sites is 1. The summed E-state index contributed by atoms with van der Waals surface area (Å²) in [5, 5.41) is 17.2. The highest BCUT2D eigenvalue weighted by Crippen LogP contribution is 2.45. The summed E-state index contributed by atoms with van der Waals surface area (Å²) in [6.07, 6.45) is 0. The number of nitrogens with two attached hydrogens (primary N) is 1. The third-order valence-corrected chi connectivity index (χ3v) is 5.79. The summed E-state index contributed by atoms with van der Waals surface area (Å²) in [4.78, 5) is 0. The van der Waals surface area contributed by atoms with Gasteiger partial charge in [0.15, 0.2) is 0 Å². The molecule has 7 nitrogen and oxygen atoms in total. The summed E-state index contributed by atoms with van der Waals surface area (Å²) in [7, 11) is 1.63. The number of nitriles is 1. The molecule has 3 aromatic carbocycles. The van der Waals surface area contributed by atoms with Gasteiger partial charge in [-0.3, -0.25) is 5.10 Å². The number of nitrogens with zero attached hydrogens (tertiary/aromatic N) is 2. The molecule has 1 aliphatic heterocycles. The Labute approximate surface area is 197 Å². The third kappa shape index (κ3) is 3.82. The van der Waals surface area contributed by atoms with E-state index >= 15 is 0 Å². The molecule has 1 atom stereocenters. The van der Waals surface area contributed by atoms with Gasteiger partial charge in [0, 0.05) is 5.56 Å². The van der Waals surface area contributed by atoms with Crippen molar-refractivity contribution in [2.24, 2.45) is 5.73 Å². The second kappa shape index (κ2) is 9.04. The number of benzene rings is 3. The molecule has 0 radical (unpaired) electrons. The highest BCUT2D eigenvalue weighted by atomic mass is 16.5. The average Bonchev–Trinajstić information content (AvgIpc) is 3.29. The SMILES string of the molecule is COc1cc(C2C(C#N)=C(N)Oc3n[nH]c(COc4ccccc4)c32)ccc1-c1ccccc1. The number of methoxy groups -OCH3 is 1. The maximum absolute atomic E-state index is 9.95. The molecule has 3 N–H and O–H groups in total. The van der Waals surface area contributed by atoms with Crippen molar-refractivity contribution in [3.63, 3.8) is 0 Å². The van der Waals surface area contributed by atoms with E-state index in [1.807, 2.05) is 78.9 Å². The van der Waals surface area contributed by atoms with Crippen LogP contribution in [0.5, 0.6) is 17.4 Å². The van der Waals surface area contributed by atoms with E-state index in [-0.39, 0.29) is 12.5 Å². The number of ether oxygens (including phenoxy) is 3. The predicted octanol–water partition coefficient (Wildman–Crippen LogP) is 4.88. The van der Waals surface area contributed by atoms with Gasteiger partial charge in [0.2, 0.25) is 11.8 Å². The molecule has 0 fully saturated rings. The molecule has 168 valence electrons. The number of rotatable bonds is 6. The zero-order valence-corrected chi connectivity index (χ0v) is 18.5. The fourth-order valence-electron chi connectivity index (χ4n) is 4.17. The quantitative estimate of drug-likeness (QED) is 0.434. The molecule has 0 amide bonds. The van der Waals surface area contributed by atoms with Gasteiger partial charge in [-0.05, 0) is 29.3 Å². The summed E-state index contributed by atoms with van der Waals surface area (Å²) in [6.45, 7) is 0.226. The van der Waals surface area contributed by atoms with E-state index in [9.17, 15) is 5.26 Å². The van der Waals surface area contributed by atoms with Crippen LogP contribution in [0.4, 0.5) is 0 Å². The van der Waals surface area contributed by atoms with Gasteiger partial charge in [-0.1, -0.05) is 60.7 Å². The molecule has 1 aliphatic rings. The smallest absolute Gasteiger partial charge is 0.244 e. The number of nitrogens with one attached hydrogen (secondary N) is 1. The Balaban J connectivity index is 1.57. The summed E-state index contributed by atoms with van der Waals surface area (Å²) in [5.41, 5.74) is 10.7. The second-order valence-corrected chi connectivity index (χ2v) is 7.77. The van der Waals surface area contributed by atoms with Crippen molar-refractivity contribution in [3.8, 4) is 34.6 Å². The lowest BCUT2D eigenvalue weighted by Crippen LogP contribution is -2.21. The molecule has 0 spiro atoms. The van der Waals surface area contributed by atoms with Gasteiger partial charge < -0.3 is 19.9 Å². The molecular formula is C27H22N4O3. The van der Waals surface area contributed by atoms with Crippen LogP contribution in [0.2, 0.25) is 0 Å². The first kappa shape index (κ1) is 21.2. The van der Waals surface area contributed by atoms with E-state index in [1.165, 1.54) is 0 Å². The van der Waals surface area contributed by atoms with Crippen LogP contribution >= 0.6 is 0 Å². The Hall–Kier alpha value is -4.70. The fourth-order valence-corrected chi connectivity index (χ4v) is 4.17. The number of allylic oxidation sites excluding steroid dienone is 1. The maximum atomic E-state index is 9.95. The van der Waals surface area contributed by atoms with E-state index < -0.39 is 5.92 Å². The topological polar surface area (TPSA) is 106 Å². The molecule has 34 heavy (non-hydrogen) atoms. The summed E-state index contributed by atoms with van der Waals surface area (Å²) < 4.78 is 17.3. The van der Waals surface area contributed by atoms with Crippen molar-refractivity contribution in [2.45, 2.75) is 12.5 Å². The summed E-state index contributed by atoms with van der Waals surface area (Å²) in [6, 6.07) is 27.6. The first-order valence-electron chi connectivity index (χ1n) is 10.8. The van der Waals surface area contributed by atoms with Crippen molar-refractivity contribution < 1.29 is 14.2 Å². The average molecular weight is 450 g/mol. The van der Waals surface area contributed by atoms with E-state index in [0.717, 1.165) is 28.0 Å². The van der Waals surface area contributed by atoms with Crippen molar-refractivity contribution in [1.29, 1.82) is 5.26 Å². The van der Waals surface area contributed by atoms with Crippen LogP contribution in [0.1, 0.15) is 22.7 Å². The number of aromatic nitrogens is 2. The largest absolute Gasteiger partial charge is 0.496 e. The van der Waals surface area contributed by atoms with E-state index in [2.05, 4.69) is 16.3 Å². The third-order valence-electron chi connectivity index (χ3n) is 5.79. The van der Waals surface area contributed by atoms with Gasteiger partial charge in [-0.2, -0.15) is 5.26 Å². The van der Waals surface area contributed by atoms with Crippen LogP contribution in [0.25, 0.3) is 11.1 Å². The highest BCUT2D eigenvalue weighted by Gasteiger charge is 2.35. The van der Waals surface area contributed by atoms with Gasteiger partial charge in [0.25, 0.3) is 0 Å². The molecule has 5 rings (SSSR count). The number of aromatic amines is 1. The van der Waals surface area contributed by atoms with Crippen LogP contribution in [-0.4, -0.2) is 17.3 Å². The van der Waals surface area contributed by atoms with Crippen LogP contribution < -0.4 is 19.9 Å². The van der Waals surface area contributed by atoms with Crippen molar-refractivity contribution >= 4 is 0 Å². The summed E-state index contributed by atoms with van der Waals surface area (Å²) in [5.74, 6) is 1.30. The number of hydrogen-bond donors (Lipinski definition) is 2. The lowest BCUT2D eigenvalue weighted by atomic mass is 9.83. The van der Waals surface area contributed by atoms with Gasteiger partial charge in [0.05, 0.1) is 24.3 Å². The van der Waals surface area contributed by atoms with E-state index in [4.69, 9.17) is 19.9 Å². The van der Waals surface area contributed by atoms with Gasteiger partial charge in [0.1, 0.15) is 29.7 Å². The minimum atomic E-state index is -0.486. The molecule has 4 aromatic rings. The lowest BCUT2D eigenvalue weighted by molar-refractivity contribution is 0.299. The first-order chi connectivity index (χ1) is 16.7. The Kier molecular flexibility index (Phi) is 5.63. The standard InChI is InChI=1S/C27H22N4O3/c1-32-23-14-18(12-13-20(23)17-8-4-2-5-9-17)24-21(15-28)26(29)34-27-25(24)22(30-31-27)16-33-19-10-6-3-7-11-19/h2-14,24H,16,29H2,1H3,(H,30,31). The Morgan fingerprint density at radius 1 is 1.06 bits per heavy atom. The zero-order chi connectivity index (χ0) is 23.5. The highest BCUT2D eigenvalue weighted by molar-refractivity contribution is 5.72. The minimum Gasteiger partial charge on any atom is -0.496 e. The molecule has 0 saturated heterocycles. The first-order valence-corrected chi connectivity index (χ1v) is 10.8. The lowest BCUT2D eigenvalue weighted by Gasteiger charge is -2.25. The molecule has 0 aliphatic carbocycles. The second-order valence-electron chi connectivity index (χ2n) is 7.77. The number of H-pyrrole nitrogens is 1. The van der Waals surface area contributed by atoms with E-state index in [0.29, 0.717) is 22.9 Å². The monoisotopic (exact) mass is 450 g/mol. The number of hydrogen-bond acceptors (Lipinski definition) is 6. The molecule has 0 bridgehead atoms. The number of fused-ring (bicyclic) bond motifs is 1. The molecule has 0 saturated carbocycles. The normalized spacial score (nSPS) is 14.6. The van der Waals surface area contributed by atoms with Crippen molar-refractivity contribution in [1.82, 2.24) is 10.2 Å². The fraction of sp³-hybridized carbons (Fsp3) is 0.111. The Morgan fingerprint density at radius 3 is 2.50 bits per heavy atom. The van der Waals surface area contributed by atoms with Crippen molar-refractivity contribution in [2.75, 3.05) is 7.11 Å². The van der Waals surface area contributed by atoms with Gasteiger partial charge in [-0.15, -0.1) is 5.10 Å². The Bertz CT molecular complexity index is 1390. The van der Waals surface area contributed by atoms with Crippen LogP contribution in [-0.2, 0) is 6.61 Å². The predicted molar refractivity (Wildman–Crippen MR) is 127 cm³/mol. The summed E-state index contributed by atoms with van der Waals surface area (Å²) >= 11 is 0. The maximum Gasteiger partial charge on any atom is 0.244 e. The van der Waals surface area contributed by atoms with Crippen LogP contribution in [0.3, 0.4) is 0 Å². The van der Waals surface area contributed by atoms with Crippen LogP contribution in [0.15, 0.2) is 90.3 Å². The molecular weight excluding hydrogens is 428 g/mol. The molecule has 1 aromatic heterocycles. The van der Waals surface area contributed by atoms with Crippen molar-refractivity contribution in [3.05, 3.63) is 107 Å². The van der Waals surface area contributed by atoms with Gasteiger partial charge in [-0.25, -0.2) is 0 Å². The molecule has 2 heterocycles. The minimum absolute atomic E-state index is 0.0353.